The van der Waals surface area contributed by atoms with Crippen molar-refractivity contribution in [2.24, 2.45) is 0 Å². The van der Waals surface area contributed by atoms with Gasteiger partial charge in [-0.25, -0.2) is 0 Å². The predicted octanol–water partition coefficient (Wildman–Crippen LogP) is 4.04. The highest BCUT2D eigenvalue weighted by Crippen LogP contribution is 2.24. The third-order valence-corrected chi connectivity index (χ3v) is 3.98. The second-order valence-electron chi connectivity index (χ2n) is 5.63. The van der Waals surface area contributed by atoms with Crippen LogP contribution in [0.15, 0.2) is 42.5 Å². The Morgan fingerprint density at radius 1 is 1.20 bits per heavy atom. The van der Waals surface area contributed by atoms with Gasteiger partial charge in [0.05, 0.1) is 7.11 Å². The highest BCUT2D eigenvalue weighted by Gasteiger charge is 2.15. The van der Waals surface area contributed by atoms with E-state index in [2.05, 4.69) is 5.32 Å². The highest BCUT2D eigenvalue weighted by atomic mass is 35.5. The van der Waals surface area contributed by atoms with E-state index in [0.717, 1.165) is 11.3 Å². The van der Waals surface area contributed by atoms with E-state index in [1.807, 2.05) is 6.92 Å². The van der Waals surface area contributed by atoms with Gasteiger partial charge in [0.1, 0.15) is 5.75 Å². The normalized spacial score (nSPS) is 10.2. The van der Waals surface area contributed by atoms with Gasteiger partial charge >= 0.3 is 0 Å². The molecule has 2 aromatic rings. The Balaban J connectivity index is 2.03. The van der Waals surface area contributed by atoms with Crippen LogP contribution in [0, 0.1) is 6.92 Å². The number of nitrogens with zero attached hydrogens (tertiary/aromatic N) is 1. The molecule has 0 saturated carbocycles. The monoisotopic (exact) mass is 360 g/mol. The lowest BCUT2D eigenvalue weighted by Gasteiger charge is -2.23. The molecule has 2 aromatic carbocycles. The maximum absolute atomic E-state index is 12.2. The van der Waals surface area contributed by atoms with Crippen LogP contribution in [-0.4, -0.2) is 25.5 Å². The minimum atomic E-state index is -0.175. The van der Waals surface area contributed by atoms with Crippen molar-refractivity contribution in [3.63, 3.8) is 0 Å². The number of methoxy groups -OCH3 is 1. The number of nitrogens with one attached hydrogen (secondary N) is 1. The minimum Gasteiger partial charge on any atom is -0.497 e. The van der Waals surface area contributed by atoms with Gasteiger partial charge in [-0.05, 0) is 42.8 Å². The number of amides is 2. The lowest BCUT2D eigenvalue weighted by Crippen LogP contribution is -2.32. The average molecular weight is 361 g/mol. The van der Waals surface area contributed by atoms with E-state index in [4.69, 9.17) is 16.3 Å². The van der Waals surface area contributed by atoms with E-state index in [1.54, 1.807) is 54.5 Å². The number of carbonyl (C=O) groups is 2. The summed E-state index contributed by atoms with van der Waals surface area (Å²) in [6.07, 6.45) is 0.179. The van der Waals surface area contributed by atoms with Crippen LogP contribution in [0.1, 0.15) is 18.9 Å². The van der Waals surface area contributed by atoms with E-state index in [1.165, 1.54) is 6.92 Å². The van der Waals surface area contributed by atoms with Crippen LogP contribution in [0.25, 0.3) is 0 Å². The van der Waals surface area contributed by atoms with Gasteiger partial charge in [0.25, 0.3) is 0 Å². The number of hydrogen-bond donors (Lipinski definition) is 1. The topological polar surface area (TPSA) is 58.6 Å². The first kappa shape index (κ1) is 18.8. The quantitative estimate of drug-likeness (QED) is 0.845. The van der Waals surface area contributed by atoms with Crippen molar-refractivity contribution in [1.82, 2.24) is 0 Å². The van der Waals surface area contributed by atoms with Gasteiger partial charge in [0, 0.05) is 42.4 Å². The molecule has 0 bridgehead atoms. The van der Waals surface area contributed by atoms with E-state index < -0.39 is 0 Å². The Morgan fingerprint density at radius 3 is 2.60 bits per heavy atom. The van der Waals surface area contributed by atoms with Crippen LogP contribution >= 0.6 is 11.6 Å². The van der Waals surface area contributed by atoms with Crippen molar-refractivity contribution in [2.45, 2.75) is 20.3 Å². The van der Waals surface area contributed by atoms with E-state index in [-0.39, 0.29) is 24.8 Å². The third kappa shape index (κ3) is 5.22. The molecule has 0 aliphatic carbocycles. The summed E-state index contributed by atoms with van der Waals surface area (Å²) in [6, 6.07) is 12.4. The zero-order valence-electron chi connectivity index (χ0n) is 14.5. The first-order valence-corrected chi connectivity index (χ1v) is 8.26. The summed E-state index contributed by atoms with van der Waals surface area (Å²) >= 11 is 5.97. The molecule has 0 fully saturated rings. The van der Waals surface area contributed by atoms with E-state index in [0.29, 0.717) is 16.5 Å². The van der Waals surface area contributed by atoms with Crippen molar-refractivity contribution in [2.75, 3.05) is 23.9 Å². The molecule has 0 unspecified atom stereocenters. The van der Waals surface area contributed by atoms with Crippen LogP contribution < -0.4 is 15.0 Å². The van der Waals surface area contributed by atoms with Gasteiger partial charge in [0.15, 0.2) is 0 Å². The molecule has 6 heteroatoms. The Kier molecular flexibility index (Phi) is 6.42. The van der Waals surface area contributed by atoms with Crippen molar-refractivity contribution in [1.29, 1.82) is 0 Å². The maximum Gasteiger partial charge on any atom is 0.226 e. The summed E-state index contributed by atoms with van der Waals surface area (Å²) in [5.41, 5.74) is 2.29. The number of aryl methyl sites for hydroxylation is 1. The summed E-state index contributed by atoms with van der Waals surface area (Å²) < 4.78 is 5.13. The molecule has 132 valence electrons. The molecule has 0 aromatic heterocycles. The molecule has 1 N–H and O–H groups in total. The fourth-order valence-electron chi connectivity index (χ4n) is 2.51. The molecule has 0 aliphatic rings. The number of rotatable bonds is 6. The van der Waals surface area contributed by atoms with Crippen LogP contribution in [-0.2, 0) is 9.59 Å². The molecule has 25 heavy (non-hydrogen) atoms. The van der Waals surface area contributed by atoms with Crippen LogP contribution in [0.3, 0.4) is 0 Å². The number of ether oxygens (including phenoxy) is 1. The number of anilines is 2. The molecular weight excluding hydrogens is 340 g/mol. The van der Waals surface area contributed by atoms with E-state index in [9.17, 15) is 9.59 Å². The fourth-order valence-corrected chi connectivity index (χ4v) is 2.73. The average Bonchev–Trinajstić information content (AvgIpc) is 2.56. The van der Waals surface area contributed by atoms with Gasteiger partial charge in [-0.3, -0.25) is 9.59 Å². The van der Waals surface area contributed by atoms with Crippen molar-refractivity contribution >= 4 is 34.8 Å². The molecular formula is C19H21ClN2O3. The standard InChI is InChI=1S/C19H21ClN2O3/c1-13-11-15(20)7-8-18(13)22(14(2)23)10-9-19(24)21-16-5-4-6-17(12-16)25-3/h4-8,11-12H,9-10H2,1-3H3,(H,21,24). The summed E-state index contributed by atoms with van der Waals surface area (Å²) in [5, 5.41) is 3.42. The van der Waals surface area contributed by atoms with Crippen LogP contribution in [0.5, 0.6) is 5.75 Å². The minimum absolute atomic E-state index is 0.125. The van der Waals surface area contributed by atoms with Crippen LogP contribution in [0.4, 0.5) is 11.4 Å². The van der Waals surface area contributed by atoms with Crippen LogP contribution in [0.2, 0.25) is 5.02 Å². The predicted molar refractivity (Wildman–Crippen MR) is 100 cm³/mol. The number of benzene rings is 2. The zero-order chi connectivity index (χ0) is 18.4. The first-order valence-electron chi connectivity index (χ1n) is 7.89. The van der Waals surface area contributed by atoms with E-state index >= 15 is 0 Å². The first-order chi connectivity index (χ1) is 11.9. The van der Waals surface area contributed by atoms with Crippen molar-refractivity contribution in [3.05, 3.63) is 53.1 Å². The molecule has 2 amide bonds. The highest BCUT2D eigenvalue weighted by molar-refractivity contribution is 6.30. The summed E-state index contributed by atoms with van der Waals surface area (Å²) in [6.45, 7) is 3.65. The third-order valence-electron chi connectivity index (χ3n) is 3.75. The molecule has 2 rings (SSSR count). The SMILES string of the molecule is COc1cccc(NC(=O)CCN(C(C)=O)c2ccc(Cl)cc2C)c1. The van der Waals surface area contributed by atoms with Crippen molar-refractivity contribution < 1.29 is 14.3 Å². The molecule has 0 heterocycles. The molecule has 5 nitrogen and oxygen atoms in total. The Morgan fingerprint density at radius 2 is 1.96 bits per heavy atom. The van der Waals surface area contributed by atoms with Gasteiger partial charge in [-0.2, -0.15) is 0 Å². The second-order valence-corrected chi connectivity index (χ2v) is 6.07. The Labute approximate surface area is 152 Å². The number of hydrogen-bond acceptors (Lipinski definition) is 3. The molecule has 0 radical (unpaired) electrons. The smallest absolute Gasteiger partial charge is 0.226 e. The van der Waals surface area contributed by atoms with Crippen molar-refractivity contribution in [3.8, 4) is 5.75 Å². The Bertz CT molecular complexity index is 777. The lowest BCUT2D eigenvalue weighted by molar-refractivity contribution is -0.117. The number of carbonyl (C=O) groups excluding carboxylic acids is 2. The number of halogens is 1. The fraction of sp³-hybridized carbons (Fsp3) is 0.263. The summed E-state index contributed by atoms with van der Waals surface area (Å²) in [4.78, 5) is 25.8. The van der Waals surface area contributed by atoms with Gasteiger partial charge in [-0.15, -0.1) is 0 Å². The Hall–Kier alpha value is -2.53. The summed E-state index contributed by atoms with van der Waals surface area (Å²) in [7, 11) is 1.57. The summed E-state index contributed by atoms with van der Waals surface area (Å²) in [5.74, 6) is 0.366. The molecule has 0 atom stereocenters. The lowest BCUT2D eigenvalue weighted by atomic mass is 10.1. The van der Waals surface area contributed by atoms with Gasteiger partial charge in [-0.1, -0.05) is 17.7 Å². The van der Waals surface area contributed by atoms with Gasteiger partial charge in [0.2, 0.25) is 11.8 Å². The zero-order valence-corrected chi connectivity index (χ0v) is 15.3. The largest absolute Gasteiger partial charge is 0.497 e. The molecule has 0 saturated heterocycles. The molecule has 0 aliphatic heterocycles. The molecule has 0 spiro atoms. The maximum atomic E-state index is 12.2. The van der Waals surface area contributed by atoms with Gasteiger partial charge < -0.3 is 15.0 Å². The second kappa shape index (κ2) is 8.53.